The molecular formula is C15H23NO2. The van der Waals surface area contributed by atoms with E-state index in [0.717, 1.165) is 6.42 Å². The Morgan fingerprint density at radius 2 is 1.89 bits per heavy atom. The standard InChI is InChI=1S/C15H23NO2/c1-9(2)8-16-14(17)12-7-5-6-11(10(3)4)13(12)15(16)18/h5-6,9-13H,7-8H2,1-4H3. The largest absolute Gasteiger partial charge is 0.282 e. The molecule has 0 spiro atoms. The molecule has 3 nitrogen and oxygen atoms in total. The molecule has 3 heteroatoms. The third kappa shape index (κ3) is 2.11. The highest BCUT2D eigenvalue weighted by atomic mass is 16.2. The van der Waals surface area contributed by atoms with Crippen LogP contribution in [0, 0.1) is 29.6 Å². The van der Waals surface area contributed by atoms with Crippen LogP contribution in [0.4, 0.5) is 0 Å². The monoisotopic (exact) mass is 249 g/mol. The number of fused-ring (bicyclic) bond motifs is 1. The van der Waals surface area contributed by atoms with Crippen LogP contribution in [-0.4, -0.2) is 23.3 Å². The summed E-state index contributed by atoms with van der Waals surface area (Å²) >= 11 is 0. The Bertz CT molecular complexity index is 384. The van der Waals surface area contributed by atoms with Gasteiger partial charge < -0.3 is 0 Å². The molecule has 0 saturated carbocycles. The summed E-state index contributed by atoms with van der Waals surface area (Å²) in [6.45, 7) is 8.90. The number of likely N-dealkylation sites (tertiary alicyclic amines) is 1. The second-order valence-corrected chi connectivity index (χ2v) is 6.30. The van der Waals surface area contributed by atoms with Crippen molar-refractivity contribution in [1.82, 2.24) is 4.90 Å². The summed E-state index contributed by atoms with van der Waals surface area (Å²) in [5.41, 5.74) is 0. The molecule has 0 radical (unpaired) electrons. The predicted octanol–water partition coefficient (Wildman–Crippen LogP) is 2.48. The quantitative estimate of drug-likeness (QED) is 0.569. The lowest BCUT2D eigenvalue weighted by Gasteiger charge is -2.29. The molecule has 3 atom stereocenters. The van der Waals surface area contributed by atoms with E-state index in [1.54, 1.807) is 0 Å². The maximum atomic E-state index is 12.5. The van der Waals surface area contributed by atoms with Gasteiger partial charge in [0.1, 0.15) is 0 Å². The molecule has 0 aromatic carbocycles. The fraction of sp³-hybridized carbons (Fsp3) is 0.733. The fourth-order valence-corrected chi connectivity index (χ4v) is 3.18. The van der Waals surface area contributed by atoms with E-state index in [0.29, 0.717) is 18.4 Å². The van der Waals surface area contributed by atoms with Crippen molar-refractivity contribution in [3.05, 3.63) is 12.2 Å². The minimum atomic E-state index is -0.110. The molecule has 100 valence electrons. The van der Waals surface area contributed by atoms with Crippen LogP contribution in [0.25, 0.3) is 0 Å². The zero-order valence-corrected chi connectivity index (χ0v) is 11.7. The van der Waals surface area contributed by atoms with Gasteiger partial charge in [0.25, 0.3) is 0 Å². The Kier molecular flexibility index (Phi) is 3.60. The highest BCUT2D eigenvalue weighted by molar-refractivity contribution is 6.05. The van der Waals surface area contributed by atoms with Gasteiger partial charge in [-0.2, -0.15) is 0 Å². The Morgan fingerprint density at radius 3 is 2.44 bits per heavy atom. The number of hydrogen-bond acceptors (Lipinski definition) is 2. The normalized spacial score (nSPS) is 31.7. The highest BCUT2D eigenvalue weighted by Gasteiger charge is 2.51. The van der Waals surface area contributed by atoms with E-state index in [2.05, 4.69) is 26.0 Å². The summed E-state index contributed by atoms with van der Waals surface area (Å²) in [5, 5.41) is 0. The number of carbonyl (C=O) groups is 2. The Morgan fingerprint density at radius 1 is 1.22 bits per heavy atom. The van der Waals surface area contributed by atoms with Gasteiger partial charge in [0.15, 0.2) is 0 Å². The van der Waals surface area contributed by atoms with E-state index in [1.807, 2.05) is 13.8 Å². The zero-order chi connectivity index (χ0) is 13.4. The SMILES string of the molecule is CC(C)CN1C(=O)C2CC=CC(C(C)C)C2C1=O. The number of carbonyl (C=O) groups excluding carboxylic acids is 2. The topological polar surface area (TPSA) is 37.4 Å². The maximum Gasteiger partial charge on any atom is 0.233 e. The molecule has 3 unspecified atom stereocenters. The lowest BCUT2D eigenvalue weighted by atomic mass is 9.73. The first-order valence-electron chi connectivity index (χ1n) is 6.95. The first-order valence-corrected chi connectivity index (χ1v) is 6.95. The van der Waals surface area contributed by atoms with Gasteiger partial charge in [0.2, 0.25) is 11.8 Å². The van der Waals surface area contributed by atoms with E-state index < -0.39 is 0 Å². The molecular weight excluding hydrogens is 226 g/mol. The molecule has 0 bridgehead atoms. The van der Waals surface area contributed by atoms with Crippen LogP contribution < -0.4 is 0 Å². The number of amides is 2. The summed E-state index contributed by atoms with van der Waals surface area (Å²) < 4.78 is 0. The van der Waals surface area contributed by atoms with Crippen molar-refractivity contribution in [1.29, 1.82) is 0 Å². The van der Waals surface area contributed by atoms with Crippen LogP contribution in [0.3, 0.4) is 0 Å². The number of hydrogen-bond donors (Lipinski definition) is 0. The highest BCUT2D eigenvalue weighted by Crippen LogP contribution is 2.41. The summed E-state index contributed by atoms with van der Waals surface area (Å²) in [6, 6.07) is 0. The second kappa shape index (κ2) is 4.87. The molecule has 1 aliphatic heterocycles. The van der Waals surface area contributed by atoms with Crippen LogP contribution >= 0.6 is 0 Å². The molecule has 1 aliphatic carbocycles. The van der Waals surface area contributed by atoms with Gasteiger partial charge in [-0.1, -0.05) is 39.8 Å². The second-order valence-electron chi connectivity index (χ2n) is 6.30. The van der Waals surface area contributed by atoms with E-state index in [1.165, 1.54) is 4.90 Å². The smallest absolute Gasteiger partial charge is 0.233 e. The summed E-state index contributed by atoms with van der Waals surface area (Å²) in [6.07, 6.45) is 4.94. The Hall–Kier alpha value is -1.12. The molecule has 0 N–H and O–H groups in total. The number of nitrogens with zero attached hydrogens (tertiary/aromatic N) is 1. The average molecular weight is 249 g/mol. The van der Waals surface area contributed by atoms with Gasteiger partial charge >= 0.3 is 0 Å². The van der Waals surface area contributed by atoms with E-state index in [4.69, 9.17) is 0 Å². The Labute approximate surface area is 109 Å². The van der Waals surface area contributed by atoms with Gasteiger partial charge in [-0.15, -0.1) is 0 Å². The van der Waals surface area contributed by atoms with E-state index >= 15 is 0 Å². The lowest BCUT2D eigenvalue weighted by molar-refractivity contribution is -0.140. The summed E-state index contributed by atoms with van der Waals surface area (Å²) in [7, 11) is 0. The summed E-state index contributed by atoms with van der Waals surface area (Å²) in [5.74, 6) is 0.857. The van der Waals surface area contributed by atoms with E-state index in [-0.39, 0.29) is 29.6 Å². The Balaban J connectivity index is 2.26. The molecule has 18 heavy (non-hydrogen) atoms. The van der Waals surface area contributed by atoms with Gasteiger partial charge in [-0.3, -0.25) is 14.5 Å². The molecule has 1 heterocycles. The third-order valence-corrected chi connectivity index (χ3v) is 4.05. The minimum absolute atomic E-state index is 0.0497. The van der Waals surface area contributed by atoms with Gasteiger partial charge in [0, 0.05) is 6.54 Å². The van der Waals surface area contributed by atoms with Crippen LogP contribution in [-0.2, 0) is 9.59 Å². The minimum Gasteiger partial charge on any atom is -0.282 e. The van der Waals surface area contributed by atoms with Crippen LogP contribution in [0.1, 0.15) is 34.1 Å². The van der Waals surface area contributed by atoms with Crippen LogP contribution in [0.2, 0.25) is 0 Å². The zero-order valence-electron chi connectivity index (χ0n) is 11.7. The van der Waals surface area contributed by atoms with Crippen molar-refractivity contribution in [3.63, 3.8) is 0 Å². The maximum absolute atomic E-state index is 12.5. The van der Waals surface area contributed by atoms with Crippen molar-refractivity contribution in [2.75, 3.05) is 6.54 Å². The predicted molar refractivity (Wildman–Crippen MR) is 70.6 cm³/mol. The molecule has 0 aromatic rings. The number of imide groups is 1. The fourth-order valence-electron chi connectivity index (χ4n) is 3.18. The van der Waals surface area contributed by atoms with Crippen molar-refractivity contribution in [2.45, 2.75) is 34.1 Å². The molecule has 1 fully saturated rings. The van der Waals surface area contributed by atoms with Crippen molar-refractivity contribution in [3.8, 4) is 0 Å². The van der Waals surface area contributed by atoms with Crippen molar-refractivity contribution < 1.29 is 9.59 Å². The van der Waals surface area contributed by atoms with Crippen LogP contribution in [0.5, 0.6) is 0 Å². The summed E-state index contributed by atoms with van der Waals surface area (Å²) in [4.78, 5) is 26.3. The molecule has 1 saturated heterocycles. The average Bonchev–Trinajstić information content (AvgIpc) is 2.54. The van der Waals surface area contributed by atoms with E-state index in [9.17, 15) is 9.59 Å². The molecule has 0 aromatic heterocycles. The number of allylic oxidation sites excluding steroid dienone is 2. The van der Waals surface area contributed by atoms with Crippen molar-refractivity contribution >= 4 is 11.8 Å². The van der Waals surface area contributed by atoms with Gasteiger partial charge in [-0.05, 0) is 24.2 Å². The number of rotatable bonds is 3. The van der Waals surface area contributed by atoms with Gasteiger partial charge in [-0.25, -0.2) is 0 Å². The molecule has 2 amide bonds. The van der Waals surface area contributed by atoms with Crippen molar-refractivity contribution in [2.24, 2.45) is 29.6 Å². The first kappa shape index (κ1) is 13.3. The third-order valence-electron chi connectivity index (χ3n) is 4.05. The lowest BCUT2D eigenvalue weighted by Crippen LogP contribution is -2.35. The van der Waals surface area contributed by atoms with Gasteiger partial charge in [0.05, 0.1) is 11.8 Å². The first-order chi connectivity index (χ1) is 8.43. The van der Waals surface area contributed by atoms with Crippen LogP contribution in [0.15, 0.2) is 12.2 Å². The molecule has 2 rings (SSSR count). The molecule has 2 aliphatic rings.